The van der Waals surface area contributed by atoms with Gasteiger partial charge in [-0.2, -0.15) is 0 Å². The van der Waals surface area contributed by atoms with Gasteiger partial charge in [-0.3, -0.25) is 0 Å². The zero-order valence-electron chi connectivity index (χ0n) is 14.0. The summed E-state index contributed by atoms with van der Waals surface area (Å²) in [5.74, 6) is 0.245. The number of benzene rings is 2. The Morgan fingerprint density at radius 3 is 2.17 bits per heavy atom. The van der Waals surface area contributed by atoms with Gasteiger partial charge in [0.15, 0.2) is 0 Å². The normalized spacial score (nSPS) is 23.0. The molecule has 0 saturated carbocycles. The second-order valence-electron chi connectivity index (χ2n) is 6.12. The Hall–Kier alpha value is -2.10. The lowest BCUT2D eigenvalue weighted by atomic mass is 9.96. The van der Waals surface area contributed by atoms with E-state index in [-0.39, 0.29) is 18.1 Å². The molecule has 0 spiro atoms. The van der Waals surface area contributed by atoms with Crippen LogP contribution in [0.1, 0.15) is 18.1 Å². The van der Waals surface area contributed by atoms with Crippen molar-refractivity contribution >= 4 is 0 Å². The molecule has 3 rings (SSSR count). The van der Waals surface area contributed by atoms with Crippen LogP contribution >= 0.6 is 0 Å². The third-order valence-electron chi connectivity index (χ3n) is 4.31. The van der Waals surface area contributed by atoms with Gasteiger partial charge >= 0.3 is 0 Å². The summed E-state index contributed by atoms with van der Waals surface area (Å²) in [6.07, 6.45) is 3.79. The van der Waals surface area contributed by atoms with Crippen LogP contribution in [-0.2, 0) is 27.4 Å². The zero-order chi connectivity index (χ0) is 16.6. The largest absolute Gasteiger partial charge is 0.495 e. The number of hydrogen-bond acceptors (Lipinski definition) is 3. The highest BCUT2D eigenvalue weighted by Gasteiger charge is 2.29. The van der Waals surface area contributed by atoms with E-state index in [1.807, 2.05) is 42.5 Å². The second-order valence-corrected chi connectivity index (χ2v) is 6.12. The first-order chi connectivity index (χ1) is 11.8. The van der Waals surface area contributed by atoms with Gasteiger partial charge in [-0.1, -0.05) is 67.6 Å². The molecule has 0 saturated heterocycles. The Bertz CT molecular complexity index is 624. The van der Waals surface area contributed by atoms with Crippen molar-refractivity contribution < 1.29 is 14.2 Å². The Kier molecular flexibility index (Phi) is 6.05. The summed E-state index contributed by atoms with van der Waals surface area (Å²) in [4.78, 5) is 0. The summed E-state index contributed by atoms with van der Waals surface area (Å²) in [6, 6.07) is 20.4. The van der Waals surface area contributed by atoms with Crippen LogP contribution in [0.2, 0.25) is 0 Å². The van der Waals surface area contributed by atoms with Gasteiger partial charge in [0.2, 0.25) is 0 Å². The van der Waals surface area contributed by atoms with E-state index in [9.17, 15) is 0 Å². The second kappa shape index (κ2) is 8.67. The third-order valence-corrected chi connectivity index (χ3v) is 4.31. The fourth-order valence-corrected chi connectivity index (χ4v) is 2.77. The lowest BCUT2D eigenvalue weighted by molar-refractivity contribution is -0.0694. The van der Waals surface area contributed by atoms with E-state index < -0.39 is 0 Å². The van der Waals surface area contributed by atoms with Gasteiger partial charge in [0.1, 0.15) is 6.10 Å². The van der Waals surface area contributed by atoms with Crippen LogP contribution in [0.15, 0.2) is 73.0 Å². The predicted octanol–water partition coefficient (Wildman–Crippen LogP) is 4.34. The van der Waals surface area contributed by atoms with E-state index in [2.05, 4.69) is 31.2 Å². The molecule has 2 aromatic rings. The summed E-state index contributed by atoms with van der Waals surface area (Å²) in [7, 11) is 0. The Balaban J connectivity index is 1.46. The lowest BCUT2D eigenvalue weighted by Crippen LogP contribution is -2.37. The minimum absolute atomic E-state index is 0.0134. The smallest absolute Gasteiger partial charge is 0.126 e. The van der Waals surface area contributed by atoms with Gasteiger partial charge in [-0.15, -0.1) is 0 Å². The van der Waals surface area contributed by atoms with E-state index in [1.165, 1.54) is 11.1 Å². The summed E-state index contributed by atoms with van der Waals surface area (Å²) in [5.41, 5.74) is 2.36. The molecule has 3 unspecified atom stereocenters. The van der Waals surface area contributed by atoms with E-state index in [0.717, 1.165) is 0 Å². The number of hydrogen-bond donors (Lipinski definition) is 0. The average molecular weight is 324 g/mol. The van der Waals surface area contributed by atoms with E-state index >= 15 is 0 Å². The van der Waals surface area contributed by atoms with Crippen molar-refractivity contribution in [2.24, 2.45) is 5.92 Å². The molecule has 1 heterocycles. The van der Waals surface area contributed by atoms with Crippen LogP contribution in [0.4, 0.5) is 0 Å². The fraction of sp³-hybridized carbons (Fsp3) is 0.333. The van der Waals surface area contributed by atoms with Crippen LogP contribution in [0, 0.1) is 5.92 Å². The summed E-state index contributed by atoms with van der Waals surface area (Å²) >= 11 is 0. The molecule has 0 fully saturated rings. The predicted molar refractivity (Wildman–Crippen MR) is 94.3 cm³/mol. The maximum atomic E-state index is 6.05. The molecule has 0 aromatic heterocycles. The van der Waals surface area contributed by atoms with Crippen molar-refractivity contribution in [2.45, 2.75) is 32.3 Å². The van der Waals surface area contributed by atoms with E-state index in [4.69, 9.17) is 14.2 Å². The highest BCUT2D eigenvalue weighted by atomic mass is 16.5. The van der Waals surface area contributed by atoms with Gasteiger partial charge in [0.25, 0.3) is 0 Å². The standard InChI is InChI=1S/C21H24O3/c1-17-20(24-15-19-10-6-3-7-11-19)12-13-23-21(17)16-22-14-18-8-4-2-5-9-18/h2-13,17,20-21H,14-16H2,1H3. The van der Waals surface area contributed by atoms with Gasteiger partial charge in [0, 0.05) is 5.92 Å². The highest BCUT2D eigenvalue weighted by Crippen LogP contribution is 2.23. The van der Waals surface area contributed by atoms with Crippen LogP contribution in [-0.4, -0.2) is 18.8 Å². The van der Waals surface area contributed by atoms with Crippen LogP contribution < -0.4 is 0 Å². The molecule has 0 amide bonds. The van der Waals surface area contributed by atoms with Gasteiger partial charge in [-0.05, 0) is 17.2 Å². The molecule has 0 radical (unpaired) electrons. The maximum Gasteiger partial charge on any atom is 0.126 e. The molecule has 1 aliphatic rings. The van der Waals surface area contributed by atoms with E-state index in [0.29, 0.717) is 19.8 Å². The third kappa shape index (κ3) is 4.70. The molecule has 0 N–H and O–H groups in total. The van der Waals surface area contributed by atoms with Gasteiger partial charge < -0.3 is 14.2 Å². The molecular formula is C21H24O3. The first-order valence-corrected chi connectivity index (χ1v) is 8.42. The summed E-state index contributed by atoms with van der Waals surface area (Å²) in [6.45, 7) is 3.92. The van der Waals surface area contributed by atoms with Gasteiger partial charge in [0.05, 0.1) is 32.2 Å². The van der Waals surface area contributed by atoms with Crippen molar-refractivity contribution in [3.8, 4) is 0 Å². The molecule has 126 valence electrons. The lowest BCUT2D eigenvalue weighted by Gasteiger charge is -2.32. The summed E-state index contributed by atoms with van der Waals surface area (Å²) < 4.78 is 17.6. The van der Waals surface area contributed by atoms with Crippen molar-refractivity contribution in [3.63, 3.8) is 0 Å². The monoisotopic (exact) mass is 324 g/mol. The fourth-order valence-electron chi connectivity index (χ4n) is 2.77. The molecule has 3 atom stereocenters. The number of rotatable bonds is 7. The molecule has 24 heavy (non-hydrogen) atoms. The zero-order valence-corrected chi connectivity index (χ0v) is 14.0. The Labute approximate surface area is 143 Å². The summed E-state index contributed by atoms with van der Waals surface area (Å²) in [5, 5.41) is 0. The molecular weight excluding hydrogens is 300 g/mol. The molecule has 3 heteroatoms. The van der Waals surface area contributed by atoms with Crippen molar-refractivity contribution in [3.05, 3.63) is 84.1 Å². The molecule has 2 aromatic carbocycles. The molecule has 0 bridgehead atoms. The minimum atomic E-state index is 0.0134. The van der Waals surface area contributed by atoms with Crippen molar-refractivity contribution in [2.75, 3.05) is 6.61 Å². The topological polar surface area (TPSA) is 27.7 Å². The molecule has 1 aliphatic heterocycles. The van der Waals surface area contributed by atoms with Crippen LogP contribution in [0.3, 0.4) is 0 Å². The van der Waals surface area contributed by atoms with Gasteiger partial charge in [-0.25, -0.2) is 0 Å². The first-order valence-electron chi connectivity index (χ1n) is 8.42. The minimum Gasteiger partial charge on any atom is -0.495 e. The van der Waals surface area contributed by atoms with Crippen molar-refractivity contribution in [1.29, 1.82) is 0 Å². The highest BCUT2D eigenvalue weighted by molar-refractivity contribution is 5.14. The Morgan fingerprint density at radius 2 is 1.50 bits per heavy atom. The van der Waals surface area contributed by atoms with E-state index in [1.54, 1.807) is 6.26 Å². The molecule has 0 aliphatic carbocycles. The van der Waals surface area contributed by atoms with Crippen molar-refractivity contribution in [1.82, 2.24) is 0 Å². The Morgan fingerprint density at radius 1 is 0.875 bits per heavy atom. The SMILES string of the molecule is CC1C(OCc2ccccc2)C=COC1COCc1ccccc1. The quantitative estimate of drug-likeness (QED) is 0.758. The number of ether oxygens (including phenoxy) is 3. The van der Waals surface area contributed by atoms with Crippen LogP contribution in [0.25, 0.3) is 0 Å². The first kappa shape index (κ1) is 16.7. The average Bonchev–Trinajstić information content (AvgIpc) is 2.64. The molecule has 3 nitrogen and oxygen atoms in total. The maximum absolute atomic E-state index is 6.05. The van der Waals surface area contributed by atoms with Crippen LogP contribution in [0.5, 0.6) is 0 Å².